The molecule has 1 aromatic carbocycles. The van der Waals surface area contributed by atoms with Crippen LogP contribution in [-0.4, -0.2) is 34.3 Å². The molecular weight excluding hydrogens is 270 g/mol. The Morgan fingerprint density at radius 1 is 1.05 bits per heavy atom. The molecule has 2 amide bonds. The van der Waals surface area contributed by atoms with Gasteiger partial charge in [0.15, 0.2) is 5.54 Å². The van der Waals surface area contributed by atoms with Crippen LogP contribution in [0.4, 0.5) is 0 Å². The first-order chi connectivity index (χ1) is 10.1. The summed E-state index contributed by atoms with van der Waals surface area (Å²) in [6.07, 6.45) is 3.40. The summed E-state index contributed by atoms with van der Waals surface area (Å²) in [5.74, 6) is -1.15. The fourth-order valence-electron chi connectivity index (χ4n) is 3.79. The highest BCUT2D eigenvalue weighted by Crippen LogP contribution is 2.44. The molecule has 2 aliphatic heterocycles. The van der Waals surface area contributed by atoms with Gasteiger partial charge < -0.3 is 4.74 Å². The Morgan fingerprint density at radius 2 is 1.71 bits per heavy atom. The molecule has 2 atom stereocenters. The quantitative estimate of drug-likeness (QED) is 0.584. The molecule has 0 N–H and O–H groups in total. The molecule has 2 bridgehead atoms. The summed E-state index contributed by atoms with van der Waals surface area (Å²) in [7, 11) is 0. The predicted molar refractivity (Wildman–Crippen MR) is 72.6 cm³/mol. The molecule has 2 fully saturated rings. The first kappa shape index (κ1) is 12.6. The van der Waals surface area contributed by atoms with Crippen LogP contribution in [-0.2, 0) is 9.53 Å². The second-order valence-electron chi connectivity index (χ2n) is 6.00. The van der Waals surface area contributed by atoms with E-state index in [1.807, 2.05) is 0 Å². The normalized spacial score (nSPS) is 31.1. The Bertz CT molecular complexity index is 633. The fraction of sp³-hybridized carbons (Fsp3) is 0.438. The number of nitrogens with zero attached hydrogens (tertiary/aromatic N) is 1. The minimum absolute atomic E-state index is 0.163. The molecule has 3 aliphatic rings. The van der Waals surface area contributed by atoms with E-state index in [1.54, 1.807) is 24.3 Å². The van der Waals surface area contributed by atoms with Gasteiger partial charge in [-0.1, -0.05) is 18.6 Å². The van der Waals surface area contributed by atoms with Gasteiger partial charge in [0.1, 0.15) is 6.10 Å². The standard InChI is InChI=1S/C16H15NO4/c18-13-11-6-1-2-7-12(11)14(19)17(13)16-8-4-3-5-10(9-16)21-15(16)20/h1-2,6-7,10H,3-5,8-9H2/t10-,16-/m1/s1. The second-order valence-corrected chi connectivity index (χ2v) is 6.00. The number of ether oxygens (including phenoxy) is 1. The van der Waals surface area contributed by atoms with Crippen molar-refractivity contribution in [3.63, 3.8) is 0 Å². The topological polar surface area (TPSA) is 63.7 Å². The van der Waals surface area contributed by atoms with E-state index >= 15 is 0 Å². The maximum absolute atomic E-state index is 12.6. The van der Waals surface area contributed by atoms with E-state index < -0.39 is 11.5 Å². The monoisotopic (exact) mass is 285 g/mol. The maximum atomic E-state index is 12.6. The molecule has 21 heavy (non-hydrogen) atoms. The van der Waals surface area contributed by atoms with Gasteiger partial charge in [0.25, 0.3) is 11.8 Å². The summed E-state index contributed by atoms with van der Waals surface area (Å²) in [4.78, 5) is 38.9. The Labute approximate surface area is 121 Å². The largest absolute Gasteiger partial charge is 0.461 e. The minimum Gasteiger partial charge on any atom is -0.461 e. The number of fused-ring (bicyclic) bond motifs is 3. The van der Waals surface area contributed by atoms with Gasteiger partial charge in [-0.2, -0.15) is 0 Å². The Kier molecular flexibility index (Phi) is 2.49. The van der Waals surface area contributed by atoms with Crippen LogP contribution in [0.1, 0.15) is 52.8 Å². The molecule has 2 heterocycles. The lowest BCUT2D eigenvalue weighted by Crippen LogP contribution is -2.54. The number of esters is 1. The fourth-order valence-corrected chi connectivity index (χ4v) is 3.79. The minimum atomic E-state index is -1.09. The summed E-state index contributed by atoms with van der Waals surface area (Å²) >= 11 is 0. The molecule has 1 aliphatic carbocycles. The summed E-state index contributed by atoms with van der Waals surface area (Å²) in [5, 5.41) is 0. The van der Waals surface area contributed by atoms with Crippen LogP contribution in [0.3, 0.4) is 0 Å². The van der Waals surface area contributed by atoms with Gasteiger partial charge in [-0.25, -0.2) is 4.79 Å². The van der Waals surface area contributed by atoms with Gasteiger partial charge in [0.2, 0.25) is 0 Å². The zero-order chi connectivity index (χ0) is 14.6. The van der Waals surface area contributed by atoms with E-state index in [0.29, 0.717) is 24.0 Å². The SMILES string of the molecule is O=C1c2ccccc2C(=O)N1[C@]12CCCC[C@H](C1)OC2=O. The lowest BCUT2D eigenvalue weighted by atomic mass is 9.89. The molecule has 1 aromatic rings. The first-order valence-corrected chi connectivity index (χ1v) is 7.32. The smallest absolute Gasteiger partial charge is 0.333 e. The van der Waals surface area contributed by atoms with Gasteiger partial charge in [-0.15, -0.1) is 0 Å². The van der Waals surface area contributed by atoms with Crippen LogP contribution in [0.5, 0.6) is 0 Å². The summed E-state index contributed by atoms with van der Waals surface area (Å²) in [6.45, 7) is 0. The van der Waals surface area contributed by atoms with Crippen molar-refractivity contribution in [1.29, 1.82) is 0 Å². The highest BCUT2D eigenvalue weighted by atomic mass is 16.6. The molecule has 1 saturated carbocycles. The van der Waals surface area contributed by atoms with Crippen LogP contribution in [0, 0.1) is 0 Å². The number of hydrogen-bond acceptors (Lipinski definition) is 4. The molecule has 5 heteroatoms. The molecule has 0 unspecified atom stereocenters. The van der Waals surface area contributed by atoms with E-state index in [0.717, 1.165) is 19.3 Å². The van der Waals surface area contributed by atoms with Gasteiger partial charge in [0, 0.05) is 6.42 Å². The average Bonchev–Trinajstić information content (AvgIpc) is 2.81. The number of hydrogen-bond donors (Lipinski definition) is 0. The van der Waals surface area contributed by atoms with E-state index in [-0.39, 0.29) is 17.9 Å². The number of carbonyl (C=O) groups is 3. The number of rotatable bonds is 1. The predicted octanol–water partition coefficient (Wildman–Crippen LogP) is 1.91. The number of amides is 2. The van der Waals surface area contributed by atoms with E-state index in [2.05, 4.69) is 0 Å². The van der Waals surface area contributed by atoms with Crippen LogP contribution in [0.25, 0.3) is 0 Å². The third-order valence-corrected chi connectivity index (χ3v) is 4.81. The highest BCUT2D eigenvalue weighted by Gasteiger charge is 2.59. The Morgan fingerprint density at radius 3 is 2.38 bits per heavy atom. The molecular formula is C16H15NO4. The number of carbonyl (C=O) groups excluding carboxylic acids is 3. The van der Waals surface area contributed by atoms with Crippen LogP contribution in [0.15, 0.2) is 24.3 Å². The Balaban J connectivity index is 1.82. The van der Waals surface area contributed by atoms with Crippen molar-refractivity contribution < 1.29 is 19.1 Å². The van der Waals surface area contributed by atoms with E-state index in [4.69, 9.17) is 4.74 Å². The summed E-state index contributed by atoms with van der Waals surface area (Å²) in [5.41, 5.74) is -0.316. The molecule has 5 nitrogen and oxygen atoms in total. The molecule has 0 aromatic heterocycles. The van der Waals surface area contributed by atoms with E-state index in [1.165, 1.54) is 4.90 Å². The molecule has 0 spiro atoms. The van der Waals surface area contributed by atoms with Crippen molar-refractivity contribution in [2.24, 2.45) is 0 Å². The third-order valence-electron chi connectivity index (χ3n) is 4.81. The molecule has 108 valence electrons. The molecule has 0 radical (unpaired) electrons. The second kappa shape index (κ2) is 4.16. The zero-order valence-electron chi connectivity index (χ0n) is 11.5. The first-order valence-electron chi connectivity index (χ1n) is 7.32. The van der Waals surface area contributed by atoms with Gasteiger partial charge >= 0.3 is 5.97 Å². The van der Waals surface area contributed by atoms with Gasteiger partial charge in [0.05, 0.1) is 11.1 Å². The van der Waals surface area contributed by atoms with Crippen molar-refractivity contribution in [2.75, 3.05) is 0 Å². The van der Waals surface area contributed by atoms with Crippen molar-refractivity contribution in [3.8, 4) is 0 Å². The van der Waals surface area contributed by atoms with Crippen LogP contribution >= 0.6 is 0 Å². The maximum Gasteiger partial charge on any atom is 0.333 e. The number of imide groups is 1. The van der Waals surface area contributed by atoms with Crippen molar-refractivity contribution >= 4 is 17.8 Å². The van der Waals surface area contributed by atoms with Crippen LogP contribution in [0.2, 0.25) is 0 Å². The van der Waals surface area contributed by atoms with Crippen molar-refractivity contribution in [3.05, 3.63) is 35.4 Å². The van der Waals surface area contributed by atoms with Crippen molar-refractivity contribution in [1.82, 2.24) is 4.90 Å². The van der Waals surface area contributed by atoms with Gasteiger partial charge in [-0.3, -0.25) is 14.5 Å². The average molecular weight is 285 g/mol. The van der Waals surface area contributed by atoms with Crippen LogP contribution < -0.4 is 0 Å². The summed E-state index contributed by atoms with van der Waals surface area (Å²) in [6, 6.07) is 6.74. The lowest BCUT2D eigenvalue weighted by molar-refractivity contribution is -0.149. The Hall–Kier alpha value is -2.17. The highest BCUT2D eigenvalue weighted by molar-refractivity contribution is 6.23. The molecule has 1 saturated heterocycles. The third kappa shape index (κ3) is 1.54. The lowest BCUT2D eigenvalue weighted by Gasteiger charge is -2.32. The van der Waals surface area contributed by atoms with Gasteiger partial charge in [-0.05, 0) is 31.4 Å². The van der Waals surface area contributed by atoms with Crippen molar-refractivity contribution in [2.45, 2.75) is 43.7 Å². The summed E-state index contributed by atoms with van der Waals surface area (Å²) < 4.78 is 5.39. The van der Waals surface area contributed by atoms with E-state index in [9.17, 15) is 14.4 Å². The zero-order valence-corrected chi connectivity index (χ0v) is 11.5. The molecule has 4 rings (SSSR count). The number of benzene rings is 1.